The fraction of sp³-hybridized carbons (Fsp3) is 0.923. The summed E-state index contributed by atoms with van der Waals surface area (Å²) in [6.07, 6.45) is 1.13. The van der Waals surface area contributed by atoms with Crippen LogP contribution in [0.4, 0.5) is 0 Å². The lowest BCUT2D eigenvalue weighted by atomic mass is 9.88. The number of rotatable bonds is 3. The van der Waals surface area contributed by atoms with Crippen LogP contribution in [0.15, 0.2) is 0 Å². The highest BCUT2D eigenvalue weighted by Gasteiger charge is 2.28. The van der Waals surface area contributed by atoms with Gasteiger partial charge in [-0.2, -0.15) is 11.8 Å². The van der Waals surface area contributed by atoms with E-state index in [0.29, 0.717) is 18.0 Å². The van der Waals surface area contributed by atoms with E-state index < -0.39 is 0 Å². The van der Waals surface area contributed by atoms with Crippen LogP contribution in [0.5, 0.6) is 0 Å². The Hall–Kier alpha value is -0.220. The van der Waals surface area contributed by atoms with Crippen LogP contribution in [0.1, 0.15) is 41.0 Å². The Balaban J connectivity index is 2.29. The third-order valence-corrected chi connectivity index (χ3v) is 4.19. The molecule has 4 heteroatoms. The van der Waals surface area contributed by atoms with Crippen molar-refractivity contribution in [2.75, 3.05) is 18.1 Å². The molecular weight excluding hydrogens is 234 g/mol. The fourth-order valence-electron chi connectivity index (χ4n) is 2.00. The first-order valence-electron chi connectivity index (χ1n) is 6.21. The first-order chi connectivity index (χ1) is 7.68. The maximum absolute atomic E-state index is 11.6. The summed E-state index contributed by atoms with van der Waals surface area (Å²) in [7, 11) is 0. The predicted molar refractivity (Wildman–Crippen MR) is 73.4 cm³/mol. The summed E-state index contributed by atoms with van der Waals surface area (Å²) in [6, 6.07) is 0.427. The molecule has 0 aromatic rings. The number of nitrogens with one attached hydrogen (secondary N) is 1. The molecule has 0 aliphatic carbocycles. The van der Waals surface area contributed by atoms with Crippen LogP contribution >= 0.6 is 11.8 Å². The van der Waals surface area contributed by atoms with Gasteiger partial charge in [0.1, 0.15) is 5.60 Å². The quantitative estimate of drug-likeness (QED) is 0.790. The Kier molecular flexibility index (Phi) is 4.90. The zero-order valence-corrected chi connectivity index (χ0v) is 12.4. The Labute approximate surface area is 109 Å². The van der Waals surface area contributed by atoms with Crippen LogP contribution in [-0.2, 0) is 9.53 Å². The largest absolute Gasteiger partial charge is 0.459 e. The van der Waals surface area contributed by atoms with Gasteiger partial charge < -0.3 is 10.1 Å². The normalized spacial score (nSPS) is 24.4. The Morgan fingerprint density at radius 1 is 1.47 bits per heavy atom. The third kappa shape index (κ3) is 6.32. The molecule has 17 heavy (non-hydrogen) atoms. The summed E-state index contributed by atoms with van der Waals surface area (Å²) < 4.78 is 5.27. The minimum Gasteiger partial charge on any atom is -0.459 e. The molecule has 1 aliphatic heterocycles. The van der Waals surface area contributed by atoms with E-state index in [2.05, 4.69) is 19.2 Å². The zero-order valence-electron chi connectivity index (χ0n) is 11.6. The van der Waals surface area contributed by atoms with Crippen LogP contribution in [0, 0.1) is 5.41 Å². The summed E-state index contributed by atoms with van der Waals surface area (Å²) in [4.78, 5) is 11.6. The molecule has 1 saturated heterocycles. The van der Waals surface area contributed by atoms with Gasteiger partial charge in [0.15, 0.2) is 0 Å². The number of carbonyl (C=O) groups excluding carboxylic acids is 1. The van der Waals surface area contributed by atoms with Crippen molar-refractivity contribution in [3.8, 4) is 0 Å². The minimum absolute atomic E-state index is 0.161. The van der Waals surface area contributed by atoms with Crippen molar-refractivity contribution in [2.24, 2.45) is 5.41 Å². The van der Waals surface area contributed by atoms with Gasteiger partial charge in [-0.3, -0.25) is 4.79 Å². The van der Waals surface area contributed by atoms with Crippen molar-refractivity contribution in [1.82, 2.24) is 5.32 Å². The molecule has 1 heterocycles. The first-order valence-corrected chi connectivity index (χ1v) is 7.36. The predicted octanol–water partition coefficient (Wildman–Crippen LogP) is 2.45. The number of hydrogen-bond donors (Lipinski definition) is 1. The molecule has 0 aromatic heterocycles. The van der Waals surface area contributed by atoms with Crippen molar-refractivity contribution in [2.45, 2.75) is 52.7 Å². The number of carbonyl (C=O) groups is 1. The Morgan fingerprint density at radius 2 is 2.12 bits per heavy atom. The maximum atomic E-state index is 11.6. The maximum Gasteiger partial charge on any atom is 0.320 e. The summed E-state index contributed by atoms with van der Waals surface area (Å²) in [5, 5.41) is 3.30. The van der Waals surface area contributed by atoms with Crippen LogP contribution < -0.4 is 5.32 Å². The zero-order chi connectivity index (χ0) is 13.1. The molecular formula is C13H25NO2S. The molecule has 0 amide bonds. The molecule has 1 atom stereocenters. The van der Waals surface area contributed by atoms with Crippen LogP contribution in [0.25, 0.3) is 0 Å². The molecule has 1 unspecified atom stereocenters. The molecule has 1 N–H and O–H groups in total. The molecule has 0 bridgehead atoms. The lowest BCUT2D eigenvalue weighted by Crippen LogP contribution is -2.43. The van der Waals surface area contributed by atoms with Gasteiger partial charge in [0.2, 0.25) is 0 Å². The van der Waals surface area contributed by atoms with Crippen LogP contribution in [0.2, 0.25) is 0 Å². The SMILES string of the molecule is CC1(C)CSCC(NCC(=O)OC(C)(C)C)C1. The number of thioether (sulfide) groups is 1. The highest BCUT2D eigenvalue weighted by molar-refractivity contribution is 7.99. The van der Waals surface area contributed by atoms with E-state index in [-0.39, 0.29) is 11.6 Å². The molecule has 0 aromatic carbocycles. The third-order valence-electron chi connectivity index (χ3n) is 2.57. The first kappa shape index (κ1) is 14.8. The minimum atomic E-state index is -0.390. The van der Waals surface area contributed by atoms with E-state index >= 15 is 0 Å². The molecule has 100 valence electrons. The van der Waals surface area contributed by atoms with Crippen molar-refractivity contribution >= 4 is 17.7 Å². The summed E-state index contributed by atoms with van der Waals surface area (Å²) in [5.41, 5.74) is -0.0200. The van der Waals surface area contributed by atoms with Crippen LogP contribution in [0.3, 0.4) is 0 Å². The second-order valence-electron chi connectivity index (χ2n) is 6.55. The topological polar surface area (TPSA) is 38.3 Å². The Bertz CT molecular complexity index is 271. The van der Waals surface area contributed by atoms with Crippen molar-refractivity contribution < 1.29 is 9.53 Å². The molecule has 1 fully saturated rings. The number of hydrogen-bond acceptors (Lipinski definition) is 4. The lowest BCUT2D eigenvalue weighted by Gasteiger charge is -2.35. The van der Waals surface area contributed by atoms with Crippen molar-refractivity contribution in [3.05, 3.63) is 0 Å². The standard InChI is InChI=1S/C13H25NO2S/c1-12(2,3)16-11(15)7-14-10-6-13(4,5)9-17-8-10/h10,14H,6-9H2,1-5H3. The second kappa shape index (κ2) is 5.61. The van der Waals surface area contributed by atoms with E-state index in [4.69, 9.17) is 4.74 Å². The second-order valence-corrected chi connectivity index (χ2v) is 7.58. The average Bonchev–Trinajstić information content (AvgIpc) is 2.10. The summed E-state index contributed by atoms with van der Waals surface area (Å²) in [6.45, 7) is 10.6. The van der Waals surface area contributed by atoms with Gasteiger partial charge in [-0.15, -0.1) is 0 Å². The van der Waals surface area contributed by atoms with Gasteiger partial charge in [0.25, 0.3) is 0 Å². The number of esters is 1. The smallest absolute Gasteiger partial charge is 0.320 e. The van der Waals surface area contributed by atoms with E-state index in [0.717, 1.165) is 12.2 Å². The molecule has 1 aliphatic rings. The van der Waals surface area contributed by atoms with E-state index in [1.165, 1.54) is 5.75 Å². The van der Waals surface area contributed by atoms with Crippen LogP contribution in [-0.4, -0.2) is 35.7 Å². The summed E-state index contributed by atoms with van der Waals surface area (Å²) >= 11 is 1.96. The average molecular weight is 259 g/mol. The van der Waals surface area contributed by atoms with E-state index in [1.54, 1.807) is 0 Å². The molecule has 0 spiro atoms. The Morgan fingerprint density at radius 3 is 2.65 bits per heavy atom. The van der Waals surface area contributed by atoms with Gasteiger partial charge in [0.05, 0.1) is 6.54 Å². The van der Waals surface area contributed by atoms with E-state index in [9.17, 15) is 4.79 Å². The highest BCUT2D eigenvalue weighted by Crippen LogP contribution is 2.33. The van der Waals surface area contributed by atoms with Gasteiger partial charge >= 0.3 is 5.97 Å². The fourth-order valence-corrected chi connectivity index (χ4v) is 3.31. The monoisotopic (exact) mass is 259 g/mol. The molecule has 0 saturated carbocycles. The summed E-state index contributed by atoms with van der Waals surface area (Å²) in [5.74, 6) is 2.13. The van der Waals surface area contributed by atoms with Gasteiger partial charge in [-0.05, 0) is 38.4 Å². The van der Waals surface area contributed by atoms with Crippen molar-refractivity contribution in [3.63, 3.8) is 0 Å². The highest BCUT2D eigenvalue weighted by atomic mass is 32.2. The van der Waals surface area contributed by atoms with Gasteiger partial charge in [0, 0.05) is 11.8 Å². The van der Waals surface area contributed by atoms with Gasteiger partial charge in [-0.25, -0.2) is 0 Å². The molecule has 1 rings (SSSR count). The number of ether oxygens (including phenoxy) is 1. The van der Waals surface area contributed by atoms with Crippen molar-refractivity contribution in [1.29, 1.82) is 0 Å². The molecule has 0 radical (unpaired) electrons. The lowest BCUT2D eigenvalue weighted by molar-refractivity contribution is -0.153. The van der Waals surface area contributed by atoms with E-state index in [1.807, 2.05) is 32.5 Å². The molecule has 3 nitrogen and oxygen atoms in total. The van der Waals surface area contributed by atoms with Gasteiger partial charge in [-0.1, -0.05) is 13.8 Å².